The van der Waals surface area contributed by atoms with E-state index in [4.69, 9.17) is 4.74 Å². The van der Waals surface area contributed by atoms with Gasteiger partial charge in [-0.3, -0.25) is 4.79 Å². The molecule has 0 saturated carbocycles. The minimum atomic E-state index is -0.0109. The van der Waals surface area contributed by atoms with Gasteiger partial charge in [-0.1, -0.05) is 17.7 Å². The molecule has 3 aromatic heterocycles. The average Bonchev–Trinajstić information content (AvgIpc) is 3.49. The van der Waals surface area contributed by atoms with Gasteiger partial charge in [-0.2, -0.15) is 0 Å². The molecule has 0 aliphatic heterocycles. The Hall–Kier alpha value is -2.55. The van der Waals surface area contributed by atoms with Gasteiger partial charge in [-0.25, -0.2) is 9.97 Å². The summed E-state index contributed by atoms with van der Waals surface area (Å²) in [6.45, 7) is 5.08. The first-order chi connectivity index (χ1) is 15.0. The Kier molecular flexibility index (Phi) is 7.11. The summed E-state index contributed by atoms with van der Waals surface area (Å²) < 4.78 is 5.76. The van der Waals surface area contributed by atoms with Crippen LogP contribution in [0.4, 0.5) is 0 Å². The van der Waals surface area contributed by atoms with Gasteiger partial charge in [-0.05, 0) is 44.5 Å². The lowest BCUT2D eigenvalue weighted by molar-refractivity contribution is -0.120. The number of carbonyl (C=O) groups is 1. The number of rotatable bonds is 9. The summed E-state index contributed by atoms with van der Waals surface area (Å²) in [4.78, 5) is 23.7. The fourth-order valence-electron chi connectivity index (χ4n) is 2.95. The zero-order chi connectivity index (χ0) is 21.6. The van der Waals surface area contributed by atoms with Crippen LogP contribution in [0.1, 0.15) is 26.1 Å². The lowest BCUT2D eigenvalue weighted by Crippen LogP contribution is -2.27. The molecule has 160 valence electrons. The van der Waals surface area contributed by atoms with E-state index in [1.165, 1.54) is 26.7 Å². The first-order valence-electron chi connectivity index (χ1n) is 9.96. The van der Waals surface area contributed by atoms with Gasteiger partial charge < -0.3 is 10.1 Å². The van der Waals surface area contributed by atoms with Crippen molar-refractivity contribution in [3.8, 4) is 16.3 Å². The van der Waals surface area contributed by atoms with Crippen LogP contribution in [0.2, 0.25) is 0 Å². The highest BCUT2D eigenvalue weighted by Crippen LogP contribution is 2.29. The van der Waals surface area contributed by atoms with Crippen LogP contribution >= 0.6 is 34.0 Å². The molecule has 4 aromatic rings. The van der Waals surface area contributed by atoms with Gasteiger partial charge in [0.1, 0.15) is 17.4 Å². The Balaban J connectivity index is 1.20. The maximum atomic E-state index is 12.3. The molecule has 1 N–H and O–H groups in total. The van der Waals surface area contributed by atoms with Gasteiger partial charge >= 0.3 is 0 Å². The molecule has 0 atom stereocenters. The molecule has 3 heterocycles. The number of aryl methyl sites for hydroxylation is 2. The van der Waals surface area contributed by atoms with E-state index in [1.54, 1.807) is 22.7 Å². The molecule has 0 bridgehead atoms. The van der Waals surface area contributed by atoms with Crippen LogP contribution in [-0.4, -0.2) is 22.4 Å². The first-order valence-corrected chi connectivity index (χ1v) is 12.5. The zero-order valence-corrected chi connectivity index (χ0v) is 19.8. The van der Waals surface area contributed by atoms with E-state index in [1.807, 2.05) is 43.5 Å². The van der Waals surface area contributed by atoms with E-state index < -0.39 is 0 Å². The lowest BCUT2D eigenvalue weighted by Gasteiger charge is -2.04. The van der Waals surface area contributed by atoms with Crippen molar-refractivity contribution in [3.63, 3.8) is 0 Å². The lowest BCUT2D eigenvalue weighted by atomic mass is 10.2. The summed E-state index contributed by atoms with van der Waals surface area (Å²) in [5.41, 5.74) is 3.01. The van der Waals surface area contributed by atoms with E-state index in [0.717, 1.165) is 33.6 Å². The van der Waals surface area contributed by atoms with Crippen LogP contribution in [0.5, 0.6) is 5.75 Å². The Morgan fingerprint density at radius 2 is 1.87 bits per heavy atom. The summed E-state index contributed by atoms with van der Waals surface area (Å²) >= 11 is 4.91. The summed E-state index contributed by atoms with van der Waals surface area (Å²) in [5.74, 6) is 0.810. The molecule has 0 fully saturated rings. The molecular weight excluding hydrogens is 446 g/mol. The molecule has 1 amide bonds. The number of amides is 1. The number of benzene rings is 1. The Morgan fingerprint density at radius 1 is 1.03 bits per heavy atom. The van der Waals surface area contributed by atoms with Gasteiger partial charge in [0, 0.05) is 22.2 Å². The van der Waals surface area contributed by atoms with Gasteiger partial charge in [0.2, 0.25) is 5.91 Å². The molecule has 0 aliphatic carbocycles. The van der Waals surface area contributed by atoms with Crippen molar-refractivity contribution in [1.82, 2.24) is 15.3 Å². The largest absolute Gasteiger partial charge is 0.486 e. The second-order valence-electron chi connectivity index (χ2n) is 7.13. The summed E-state index contributed by atoms with van der Waals surface area (Å²) in [6.07, 6.45) is 1.10. The molecule has 31 heavy (non-hydrogen) atoms. The number of ether oxygens (including phenoxy) is 1. The number of hydrogen-bond donors (Lipinski definition) is 1. The second kappa shape index (κ2) is 10.2. The van der Waals surface area contributed by atoms with Crippen LogP contribution in [0.15, 0.2) is 47.2 Å². The van der Waals surface area contributed by atoms with Crippen LogP contribution < -0.4 is 10.1 Å². The Labute approximate surface area is 193 Å². The molecule has 5 nitrogen and oxygen atoms in total. The van der Waals surface area contributed by atoms with Gasteiger partial charge in [0.15, 0.2) is 0 Å². The van der Waals surface area contributed by atoms with Crippen LogP contribution in [0.25, 0.3) is 10.6 Å². The van der Waals surface area contributed by atoms with Crippen LogP contribution in [0.3, 0.4) is 0 Å². The Morgan fingerprint density at radius 3 is 2.65 bits per heavy atom. The highest BCUT2D eigenvalue weighted by Gasteiger charge is 2.10. The number of thiophene rings is 1. The minimum Gasteiger partial charge on any atom is -0.486 e. The molecule has 0 spiro atoms. The molecule has 4 rings (SSSR count). The maximum Gasteiger partial charge on any atom is 0.226 e. The summed E-state index contributed by atoms with van der Waals surface area (Å²) in [5, 5.41) is 8.94. The number of aromatic nitrogens is 2. The van der Waals surface area contributed by atoms with Crippen molar-refractivity contribution in [3.05, 3.63) is 73.3 Å². The smallest absolute Gasteiger partial charge is 0.226 e. The number of nitrogens with zero attached hydrogens (tertiary/aromatic N) is 2. The third-order valence-electron chi connectivity index (χ3n) is 4.55. The first kappa shape index (κ1) is 21.7. The van der Waals surface area contributed by atoms with Crippen molar-refractivity contribution in [2.45, 2.75) is 33.3 Å². The van der Waals surface area contributed by atoms with E-state index >= 15 is 0 Å². The standard InChI is InChI=1S/C23H23N3O2S3/c1-15-3-5-18(6-4-15)28-12-23-26-17(13-30-23)11-22(27)24-10-9-19-7-8-21(31-19)20-14-29-16(2)25-20/h3-8,13-14H,9-12H2,1-2H3,(H,24,27). The van der Waals surface area contributed by atoms with Gasteiger partial charge in [0.25, 0.3) is 0 Å². The predicted octanol–water partition coefficient (Wildman–Crippen LogP) is 5.43. The maximum absolute atomic E-state index is 12.3. The average molecular weight is 470 g/mol. The minimum absolute atomic E-state index is 0.0109. The topological polar surface area (TPSA) is 64.1 Å². The van der Waals surface area contributed by atoms with Crippen LogP contribution in [-0.2, 0) is 24.2 Å². The third-order valence-corrected chi connectivity index (χ3v) is 7.36. The number of nitrogens with one attached hydrogen (secondary N) is 1. The molecule has 1 aromatic carbocycles. The SMILES string of the molecule is Cc1ccc(OCc2nc(CC(=O)NCCc3ccc(-c4csc(C)n4)s3)cs2)cc1. The van der Waals surface area contributed by atoms with Gasteiger partial charge in [0.05, 0.1) is 27.7 Å². The molecule has 0 aliphatic rings. The van der Waals surface area contributed by atoms with E-state index in [-0.39, 0.29) is 12.3 Å². The molecular formula is C23H23N3O2S3. The van der Waals surface area contributed by atoms with Crippen molar-refractivity contribution in [2.24, 2.45) is 0 Å². The van der Waals surface area contributed by atoms with Crippen molar-refractivity contribution in [1.29, 1.82) is 0 Å². The molecule has 0 radical (unpaired) electrons. The quantitative estimate of drug-likeness (QED) is 0.355. The highest BCUT2D eigenvalue weighted by molar-refractivity contribution is 7.16. The van der Waals surface area contributed by atoms with E-state index in [2.05, 4.69) is 32.8 Å². The second-order valence-corrected chi connectivity index (χ2v) is 10.3. The molecule has 0 unspecified atom stereocenters. The van der Waals surface area contributed by atoms with E-state index in [9.17, 15) is 4.79 Å². The fourth-order valence-corrected chi connectivity index (χ4v) is 5.32. The number of carbonyl (C=O) groups excluding carboxylic acids is 1. The summed E-state index contributed by atoms with van der Waals surface area (Å²) in [7, 11) is 0. The fraction of sp³-hybridized carbons (Fsp3) is 0.261. The van der Waals surface area contributed by atoms with Crippen molar-refractivity contribution >= 4 is 39.9 Å². The zero-order valence-electron chi connectivity index (χ0n) is 17.4. The van der Waals surface area contributed by atoms with Gasteiger partial charge in [-0.15, -0.1) is 34.0 Å². The Bertz CT molecular complexity index is 1150. The van der Waals surface area contributed by atoms with Crippen LogP contribution in [0, 0.1) is 13.8 Å². The van der Waals surface area contributed by atoms with Crippen molar-refractivity contribution in [2.75, 3.05) is 6.54 Å². The third kappa shape index (κ3) is 6.22. The highest BCUT2D eigenvalue weighted by atomic mass is 32.1. The van der Waals surface area contributed by atoms with Crippen molar-refractivity contribution < 1.29 is 9.53 Å². The number of thiazole rings is 2. The monoisotopic (exact) mass is 469 g/mol. The normalized spacial score (nSPS) is 10.9. The van der Waals surface area contributed by atoms with E-state index in [0.29, 0.717) is 13.2 Å². The number of hydrogen-bond acceptors (Lipinski definition) is 7. The predicted molar refractivity (Wildman–Crippen MR) is 128 cm³/mol. The molecule has 0 saturated heterocycles. The molecule has 8 heteroatoms. The summed E-state index contributed by atoms with van der Waals surface area (Å²) in [6, 6.07) is 12.2.